The number of ether oxygens (including phenoxy) is 1. The molecular formula is C30H39NO4. The summed E-state index contributed by atoms with van der Waals surface area (Å²) >= 11 is 0. The molecule has 0 unspecified atom stereocenters. The molecule has 188 valence electrons. The first kappa shape index (κ1) is 26.7. The molecule has 2 N–H and O–H groups in total. The highest BCUT2D eigenvalue weighted by Gasteiger charge is 2.22. The fourth-order valence-corrected chi connectivity index (χ4v) is 4.94. The number of carbonyl (C=O) groups excluding carboxylic acids is 2. The van der Waals surface area contributed by atoms with Gasteiger partial charge in [-0.15, -0.1) is 0 Å². The van der Waals surface area contributed by atoms with Gasteiger partial charge in [0.1, 0.15) is 6.61 Å². The fourth-order valence-electron chi connectivity index (χ4n) is 4.94. The molecule has 2 aliphatic rings. The molecule has 0 aromatic heterocycles. The third-order valence-electron chi connectivity index (χ3n) is 6.79. The number of benzene rings is 2. The van der Waals surface area contributed by atoms with E-state index in [0.29, 0.717) is 0 Å². The maximum absolute atomic E-state index is 12.1. The minimum Gasteiger partial charge on any atom is -0.550 e. The highest BCUT2D eigenvalue weighted by Crippen LogP contribution is 2.18. The predicted octanol–water partition coefficient (Wildman–Crippen LogP) is 4.17. The van der Waals surface area contributed by atoms with E-state index in [1.165, 1.54) is 70.3 Å². The van der Waals surface area contributed by atoms with Crippen molar-refractivity contribution < 1.29 is 24.7 Å². The van der Waals surface area contributed by atoms with Crippen LogP contribution in [0.5, 0.6) is 0 Å². The van der Waals surface area contributed by atoms with Crippen LogP contribution in [-0.4, -0.2) is 24.0 Å². The molecule has 2 saturated carbocycles. The lowest BCUT2D eigenvalue weighted by Gasteiger charge is -2.27. The summed E-state index contributed by atoms with van der Waals surface area (Å²) in [7, 11) is 0. The Morgan fingerprint density at radius 2 is 1.31 bits per heavy atom. The van der Waals surface area contributed by atoms with Crippen LogP contribution in [0.4, 0.5) is 0 Å². The van der Waals surface area contributed by atoms with Gasteiger partial charge >= 0.3 is 5.97 Å². The average molecular weight is 478 g/mol. The highest BCUT2D eigenvalue weighted by molar-refractivity contribution is 5.97. The SMILES string of the molecule is C1CCC([NH2+]C2CCCCC2)CC1.O=C([O-])CC(=Cc1ccccc1)C(=O)OCc1ccccc1. The van der Waals surface area contributed by atoms with Gasteiger partial charge in [0.25, 0.3) is 0 Å². The first-order chi connectivity index (χ1) is 17.1. The van der Waals surface area contributed by atoms with E-state index in [-0.39, 0.29) is 12.2 Å². The van der Waals surface area contributed by atoms with Crippen molar-refractivity contribution in [3.8, 4) is 0 Å². The van der Waals surface area contributed by atoms with Crippen LogP contribution in [-0.2, 0) is 20.9 Å². The maximum Gasteiger partial charge on any atom is 0.334 e. The number of hydrogen-bond donors (Lipinski definition) is 1. The molecule has 0 bridgehead atoms. The minimum absolute atomic E-state index is 0.0575. The molecule has 2 fully saturated rings. The van der Waals surface area contributed by atoms with Crippen LogP contribution in [0.25, 0.3) is 6.08 Å². The molecule has 2 aromatic rings. The van der Waals surface area contributed by atoms with Crippen molar-refractivity contribution in [1.29, 1.82) is 0 Å². The van der Waals surface area contributed by atoms with Crippen molar-refractivity contribution >= 4 is 18.0 Å². The molecule has 35 heavy (non-hydrogen) atoms. The second kappa shape index (κ2) is 15.2. The van der Waals surface area contributed by atoms with Crippen LogP contribution < -0.4 is 10.4 Å². The Balaban J connectivity index is 0.000000223. The molecule has 0 aliphatic heterocycles. The second-order valence-corrected chi connectivity index (χ2v) is 9.68. The summed E-state index contributed by atoms with van der Waals surface area (Å²) in [5.74, 6) is -1.98. The Hall–Kier alpha value is -2.92. The third-order valence-corrected chi connectivity index (χ3v) is 6.79. The fraction of sp³-hybridized carbons (Fsp3) is 0.467. The average Bonchev–Trinajstić information content (AvgIpc) is 2.89. The predicted molar refractivity (Wildman–Crippen MR) is 136 cm³/mol. The van der Waals surface area contributed by atoms with E-state index in [1.807, 2.05) is 36.4 Å². The number of rotatable bonds is 8. The van der Waals surface area contributed by atoms with Gasteiger partial charge in [-0.25, -0.2) is 4.79 Å². The lowest BCUT2D eigenvalue weighted by atomic mass is 9.91. The van der Waals surface area contributed by atoms with Crippen LogP contribution in [0.15, 0.2) is 66.2 Å². The largest absolute Gasteiger partial charge is 0.550 e. The number of carbonyl (C=O) groups is 2. The zero-order chi connectivity index (χ0) is 24.7. The number of nitrogens with two attached hydrogens (primary N) is 1. The van der Waals surface area contributed by atoms with Crippen LogP contribution in [0.2, 0.25) is 0 Å². The van der Waals surface area contributed by atoms with E-state index >= 15 is 0 Å². The topological polar surface area (TPSA) is 83.0 Å². The zero-order valence-corrected chi connectivity index (χ0v) is 20.7. The number of hydrogen-bond acceptors (Lipinski definition) is 4. The van der Waals surface area contributed by atoms with Crippen molar-refractivity contribution in [3.05, 3.63) is 77.4 Å². The van der Waals surface area contributed by atoms with E-state index in [2.05, 4.69) is 5.32 Å². The molecule has 4 rings (SSSR count). The molecule has 0 spiro atoms. The van der Waals surface area contributed by atoms with Crippen molar-refractivity contribution in [3.63, 3.8) is 0 Å². The van der Waals surface area contributed by atoms with Crippen LogP contribution in [0, 0.1) is 0 Å². The Kier molecular flexibility index (Phi) is 11.6. The summed E-state index contributed by atoms with van der Waals surface area (Å²) in [6.45, 7) is 0.0961. The third kappa shape index (κ3) is 10.5. The lowest BCUT2D eigenvalue weighted by molar-refractivity contribution is -0.725. The molecule has 0 heterocycles. The zero-order valence-electron chi connectivity index (χ0n) is 20.7. The van der Waals surface area contributed by atoms with Gasteiger partial charge in [0.15, 0.2) is 0 Å². The molecule has 5 nitrogen and oxygen atoms in total. The molecule has 0 atom stereocenters. The van der Waals surface area contributed by atoms with Gasteiger partial charge in [-0.3, -0.25) is 0 Å². The normalized spacial score (nSPS) is 17.2. The number of quaternary nitrogens is 1. The number of carboxylic acid groups (broad SMARTS) is 1. The first-order valence-corrected chi connectivity index (χ1v) is 13.1. The summed E-state index contributed by atoms with van der Waals surface area (Å²) in [6, 6.07) is 20.2. The number of esters is 1. The van der Waals surface area contributed by atoms with Crippen molar-refractivity contribution in [1.82, 2.24) is 0 Å². The summed E-state index contributed by atoms with van der Waals surface area (Å²) in [4.78, 5) is 22.9. The summed E-state index contributed by atoms with van der Waals surface area (Å²) in [5, 5.41) is 13.5. The standard InChI is InChI=1S/C18H16O4.C12H23N/c19-17(20)12-16(11-14-7-3-1-4-8-14)18(21)22-13-15-9-5-2-6-10-15;1-3-7-11(8-4-1)13-12-9-5-2-6-10-12/h1-11H,12-13H2,(H,19,20);11-13H,1-10H2. The maximum atomic E-state index is 12.1. The van der Waals surface area contributed by atoms with Crippen LogP contribution in [0.1, 0.15) is 81.8 Å². The first-order valence-electron chi connectivity index (χ1n) is 13.1. The van der Waals surface area contributed by atoms with Gasteiger partial charge in [-0.2, -0.15) is 0 Å². The number of carboxylic acids is 1. The van der Waals surface area contributed by atoms with Crippen LogP contribution >= 0.6 is 0 Å². The minimum atomic E-state index is -1.32. The summed E-state index contributed by atoms with van der Waals surface area (Å²) < 4.78 is 5.16. The van der Waals surface area contributed by atoms with Crippen molar-refractivity contribution in [2.45, 2.75) is 89.3 Å². The monoisotopic (exact) mass is 477 g/mol. The molecule has 2 aliphatic carbocycles. The summed E-state index contributed by atoms with van der Waals surface area (Å²) in [6.07, 6.45) is 16.0. The molecule has 2 aromatic carbocycles. The second-order valence-electron chi connectivity index (χ2n) is 9.68. The van der Waals surface area contributed by atoms with Gasteiger partial charge < -0.3 is 20.0 Å². The van der Waals surface area contributed by atoms with E-state index in [1.54, 1.807) is 24.3 Å². The van der Waals surface area contributed by atoms with Crippen molar-refractivity contribution in [2.24, 2.45) is 0 Å². The lowest BCUT2D eigenvalue weighted by Crippen LogP contribution is -2.95. The van der Waals surface area contributed by atoms with Crippen LogP contribution in [0.3, 0.4) is 0 Å². The Morgan fingerprint density at radius 1 is 0.800 bits per heavy atom. The van der Waals surface area contributed by atoms with Gasteiger partial charge in [0.05, 0.1) is 12.1 Å². The van der Waals surface area contributed by atoms with Gasteiger partial charge in [0, 0.05) is 18.0 Å². The Bertz CT molecular complexity index is 898. The molecule has 5 heteroatoms. The van der Waals surface area contributed by atoms with Gasteiger partial charge in [-0.05, 0) is 68.6 Å². The van der Waals surface area contributed by atoms with E-state index in [9.17, 15) is 14.7 Å². The van der Waals surface area contributed by atoms with E-state index in [0.717, 1.165) is 23.2 Å². The summed E-state index contributed by atoms with van der Waals surface area (Å²) in [5.41, 5.74) is 1.63. The van der Waals surface area contributed by atoms with Gasteiger partial charge in [0.2, 0.25) is 0 Å². The number of aliphatic carboxylic acids is 1. The molecular weight excluding hydrogens is 438 g/mol. The van der Waals surface area contributed by atoms with E-state index in [4.69, 9.17) is 4.74 Å². The Morgan fingerprint density at radius 3 is 1.83 bits per heavy atom. The smallest absolute Gasteiger partial charge is 0.334 e. The van der Waals surface area contributed by atoms with Gasteiger partial charge in [-0.1, -0.05) is 73.5 Å². The highest BCUT2D eigenvalue weighted by atomic mass is 16.5. The molecule has 0 amide bonds. The van der Waals surface area contributed by atoms with Crippen molar-refractivity contribution in [2.75, 3.05) is 0 Å². The Labute approximate surface area is 209 Å². The molecule has 0 radical (unpaired) electrons. The molecule has 0 saturated heterocycles. The quantitative estimate of drug-likeness (QED) is 0.457. The van der Waals surface area contributed by atoms with E-state index < -0.39 is 18.4 Å².